The maximum atomic E-state index is 12.4. The van der Waals surface area contributed by atoms with Gasteiger partial charge in [-0.05, 0) is 56.6 Å². The molecule has 130 valence electrons. The smallest absolute Gasteiger partial charge is 0.293 e. The molecular weight excluding hydrogens is 306 g/mol. The molecule has 0 aliphatic heterocycles. The number of nitrogens with one attached hydrogen (secondary N) is 2. The lowest BCUT2D eigenvalue weighted by Gasteiger charge is -2.28. The first-order chi connectivity index (χ1) is 11.6. The van der Waals surface area contributed by atoms with E-state index in [2.05, 4.69) is 17.6 Å². The highest BCUT2D eigenvalue weighted by Crippen LogP contribution is 2.32. The zero-order valence-electron chi connectivity index (χ0n) is 14.1. The van der Waals surface area contributed by atoms with Crippen molar-refractivity contribution >= 4 is 17.3 Å². The number of carbonyl (C=O) groups excluding carboxylic acids is 1. The van der Waals surface area contributed by atoms with E-state index < -0.39 is 4.92 Å². The summed E-state index contributed by atoms with van der Waals surface area (Å²) in [5, 5.41) is 17.5. The predicted octanol–water partition coefficient (Wildman–Crippen LogP) is 3.87. The maximum absolute atomic E-state index is 12.4. The van der Waals surface area contributed by atoms with Crippen LogP contribution in [-0.2, 0) is 0 Å². The normalized spacial score (nSPS) is 23.5. The Hall–Kier alpha value is -2.11. The molecule has 0 radical (unpaired) electrons. The zero-order valence-corrected chi connectivity index (χ0v) is 14.1. The van der Waals surface area contributed by atoms with E-state index >= 15 is 0 Å². The van der Waals surface area contributed by atoms with E-state index in [9.17, 15) is 14.9 Å². The van der Waals surface area contributed by atoms with Crippen LogP contribution in [0.15, 0.2) is 18.2 Å². The molecule has 6 nitrogen and oxygen atoms in total. The lowest BCUT2D eigenvalue weighted by Crippen LogP contribution is -2.37. The van der Waals surface area contributed by atoms with E-state index in [0.29, 0.717) is 17.3 Å². The Bertz CT molecular complexity index is 620. The summed E-state index contributed by atoms with van der Waals surface area (Å²) >= 11 is 0. The molecule has 2 aliphatic rings. The Morgan fingerprint density at radius 1 is 1.17 bits per heavy atom. The second kappa shape index (κ2) is 7.20. The summed E-state index contributed by atoms with van der Waals surface area (Å²) in [6.07, 6.45) is 7.56. The summed E-state index contributed by atoms with van der Waals surface area (Å²) in [6, 6.07) is 5.22. The molecule has 0 aromatic heterocycles. The molecule has 1 aromatic rings. The quantitative estimate of drug-likeness (QED) is 0.612. The first-order valence-corrected chi connectivity index (χ1v) is 8.92. The van der Waals surface area contributed by atoms with Gasteiger partial charge in [-0.1, -0.05) is 13.3 Å². The van der Waals surface area contributed by atoms with Crippen LogP contribution in [0, 0.1) is 16.0 Å². The van der Waals surface area contributed by atoms with Crippen molar-refractivity contribution in [1.82, 2.24) is 5.32 Å². The summed E-state index contributed by atoms with van der Waals surface area (Å²) in [5.41, 5.74) is 0.840. The highest BCUT2D eigenvalue weighted by atomic mass is 16.6. The van der Waals surface area contributed by atoms with Crippen LogP contribution in [0.25, 0.3) is 0 Å². The average Bonchev–Trinajstić information content (AvgIpc) is 3.39. The van der Waals surface area contributed by atoms with E-state index in [-0.39, 0.29) is 17.6 Å². The summed E-state index contributed by atoms with van der Waals surface area (Å²) in [5.74, 6) is 0.558. The van der Waals surface area contributed by atoms with Crippen molar-refractivity contribution in [3.8, 4) is 0 Å². The molecule has 0 saturated heterocycles. The van der Waals surface area contributed by atoms with Gasteiger partial charge in [0.05, 0.1) is 4.92 Å². The fourth-order valence-electron chi connectivity index (χ4n) is 3.38. The van der Waals surface area contributed by atoms with E-state index in [0.717, 1.165) is 44.4 Å². The monoisotopic (exact) mass is 331 g/mol. The van der Waals surface area contributed by atoms with Crippen LogP contribution >= 0.6 is 0 Å². The summed E-state index contributed by atoms with van der Waals surface area (Å²) < 4.78 is 0. The highest BCUT2D eigenvalue weighted by Gasteiger charge is 2.26. The summed E-state index contributed by atoms with van der Waals surface area (Å²) in [7, 11) is 0. The average molecular weight is 331 g/mol. The molecule has 0 heterocycles. The van der Waals surface area contributed by atoms with Crippen molar-refractivity contribution in [2.75, 3.05) is 5.32 Å². The fraction of sp³-hybridized carbons (Fsp3) is 0.611. The van der Waals surface area contributed by atoms with E-state index in [1.54, 1.807) is 12.1 Å². The fourth-order valence-corrected chi connectivity index (χ4v) is 3.38. The first-order valence-electron chi connectivity index (χ1n) is 8.92. The van der Waals surface area contributed by atoms with Gasteiger partial charge in [-0.2, -0.15) is 0 Å². The molecule has 1 aromatic carbocycles. The minimum Gasteiger partial charge on any atom is -0.377 e. The van der Waals surface area contributed by atoms with Gasteiger partial charge in [0.25, 0.3) is 11.6 Å². The lowest BCUT2D eigenvalue weighted by molar-refractivity contribution is -0.384. The number of amides is 1. The van der Waals surface area contributed by atoms with Crippen LogP contribution in [0.3, 0.4) is 0 Å². The van der Waals surface area contributed by atoms with Crippen molar-refractivity contribution in [2.24, 2.45) is 5.92 Å². The molecule has 6 heteroatoms. The van der Waals surface area contributed by atoms with Crippen LogP contribution < -0.4 is 10.6 Å². The van der Waals surface area contributed by atoms with Gasteiger partial charge in [-0.25, -0.2) is 0 Å². The van der Waals surface area contributed by atoms with Crippen molar-refractivity contribution in [2.45, 2.75) is 64.0 Å². The Labute approximate surface area is 142 Å². The topological polar surface area (TPSA) is 84.3 Å². The number of benzene rings is 1. The molecule has 0 unspecified atom stereocenters. The van der Waals surface area contributed by atoms with E-state index in [1.165, 1.54) is 12.5 Å². The number of rotatable bonds is 6. The van der Waals surface area contributed by atoms with Gasteiger partial charge in [0.1, 0.15) is 5.69 Å². The molecule has 2 N–H and O–H groups in total. The van der Waals surface area contributed by atoms with Crippen LogP contribution in [0.2, 0.25) is 0 Å². The van der Waals surface area contributed by atoms with E-state index in [4.69, 9.17) is 0 Å². The minimum absolute atomic E-state index is 0.0239. The molecule has 0 bridgehead atoms. The molecule has 3 rings (SSSR count). The molecule has 1 amide bonds. The second-order valence-electron chi connectivity index (χ2n) is 7.01. The Balaban J connectivity index is 1.66. The largest absolute Gasteiger partial charge is 0.377 e. The zero-order chi connectivity index (χ0) is 17.1. The molecule has 2 saturated carbocycles. The predicted molar refractivity (Wildman–Crippen MR) is 93.2 cm³/mol. The SMILES string of the molecule is CCC1CCC(NC(=O)c2ccc(NC3CC3)c([N+](=O)[O-])c2)CC1. The van der Waals surface area contributed by atoms with Crippen LogP contribution in [0.1, 0.15) is 62.2 Å². The van der Waals surface area contributed by atoms with Gasteiger partial charge in [0.2, 0.25) is 0 Å². The molecular formula is C18H25N3O3. The Kier molecular flexibility index (Phi) is 5.02. The van der Waals surface area contributed by atoms with Crippen molar-refractivity contribution in [3.05, 3.63) is 33.9 Å². The number of nitro groups is 1. The van der Waals surface area contributed by atoms with Gasteiger partial charge < -0.3 is 10.6 Å². The van der Waals surface area contributed by atoms with Gasteiger partial charge in [-0.3, -0.25) is 14.9 Å². The Morgan fingerprint density at radius 3 is 2.42 bits per heavy atom. The highest BCUT2D eigenvalue weighted by molar-refractivity contribution is 5.96. The number of anilines is 1. The van der Waals surface area contributed by atoms with Crippen molar-refractivity contribution in [1.29, 1.82) is 0 Å². The maximum Gasteiger partial charge on any atom is 0.293 e. The standard InChI is InChI=1S/C18H25N3O3/c1-2-12-3-6-15(7-4-12)20-18(22)13-5-10-16(19-14-8-9-14)17(11-13)21(23)24/h5,10-12,14-15,19H,2-4,6-9H2,1H3,(H,20,22). The summed E-state index contributed by atoms with van der Waals surface area (Å²) in [4.78, 5) is 23.3. The third-order valence-electron chi connectivity index (χ3n) is 5.15. The third kappa shape index (κ3) is 4.04. The summed E-state index contributed by atoms with van der Waals surface area (Å²) in [6.45, 7) is 2.21. The van der Waals surface area contributed by atoms with Crippen LogP contribution in [-0.4, -0.2) is 22.9 Å². The van der Waals surface area contributed by atoms with Crippen LogP contribution in [0.5, 0.6) is 0 Å². The van der Waals surface area contributed by atoms with Gasteiger partial charge >= 0.3 is 0 Å². The van der Waals surface area contributed by atoms with Gasteiger partial charge in [0, 0.05) is 23.7 Å². The second-order valence-corrected chi connectivity index (χ2v) is 7.01. The molecule has 2 fully saturated rings. The number of nitro benzene ring substituents is 1. The number of carbonyl (C=O) groups is 1. The van der Waals surface area contributed by atoms with Gasteiger partial charge in [-0.15, -0.1) is 0 Å². The van der Waals surface area contributed by atoms with Crippen LogP contribution in [0.4, 0.5) is 11.4 Å². The molecule has 2 aliphatic carbocycles. The number of nitrogens with zero attached hydrogens (tertiary/aromatic N) is 1. The lowest BCUT2D eigenvalue weighted by atomic mass is 9.84. The van der Waals surface area contributed by atoms with Gasteiger partial charge in [0.15, 0.2) is 0 Å². The van der Waals surface area contributed by atoms with Crippen molar-refractivity contribution in [3.63, 3.8) is 0 Å². The Morgan fingerprint density at radius 2 is 1.83 bits per heavy atom. The van der Waals surface area contributed by atoms with E-state index in [1.807, 2.05) is 0 Å². The van der Waals surface area contributed by atoms with Crippen molar-refractivity contribution < 1.29 is 9.72 Å². The number of hydrogen-bond donors (Lipinski definition) is 2. The molecule has 0 atom stereocenters. The third-order valence-corrected chi connectivity index (χ3v) is 5.15. The molecule has 0 spiro atoms. The molecule has 24 heavy (non-hydrogen) atoms. The number of hydrogen-bond acceptors (Lipinski definition) is 4. The minimum atomic E-state index is -0.423. The first kappa shape index (κ1) is 16.7.